The van der Waals surface area contributed by atoms with Gasteiger partial charge >= 0.3 is 0 Å². The number of benzene rings is 2. The topological polar surface area (TPSA) is 88.9 Å². The molecule has 8 heteroatoms. The van der Waals surface area contributed by atoms with Crippen molar-refractivity contribution < 1.29 is 9.84 Å². The zero-order valence-corrected chi connectivity index (χ0v) is 19.7. The van der Waals surface area contributed by atoms with Gasteiger partial charge in [-0.15, -0.1) is 0 Å². The Morgan fingerprint density at radius 1 is 1.21 bits per heavy atom. The van der Waals surface area contributed by atoms with Crippen molar-refractivity contribution in [3.63, 3.8) is 0 Å². The number of aromatic nitrogens is 4. The van der Waals surface area contributed by atoms with Gasteiger partial charge in [-0.05, 0) is 30.5 Å². The van der Waals surface area contributed by atoms with Gasteiger partial charge in [0.25, 0.3) is 0 Å². The molecule has 0 bridgehead atoms. The van der Waals surface area contributed by atoms with Gasteiger partial charge in [0.1, 0.15) is 17.4 Å². The molecule has 1 aliphatic heterocycles. The predicted molar refractivity (Wildman–Crippen MR) is 133 cm³/mol. The summed E-state index contributed by atoms with van der Waals surface area (Å²) in [5, 5.41) is 21.5. The normalized spacial score (nSPS) is 16.5. The van der Waals surface area contributed by atoms with Gasteiger partial charge in [-0.2, -0.15) is 5.26 Å². The summed E-state index contributed by atoms with van der Waals surface area (Å²) in [5.74, 6) is 0.649. The van der Waals surface area contributed by atoms with E-state index in [-0.39, 0.29) is 23.2 Å². The van der Waals surface area contributed by atoms with Crippen molar-refractivity contribution in [3.05, 3.63) is 72.4 Å². The molecule has 0 amide bonds. The molecule has 0 saturated carbocycles. The summed E-state index contributed by atoms with van der Waals surface area (Å²) in [4.78, 5) is 9.21. The first kappa shape index (κ1) is 22.3. The largest absolute Gasteiger partial charge is 0.510 e. The van der Waals surface area contributed by atoms with Crippen LogP contribution in [0.1, 0.15) is 18.7 Å². The van der Waals surface area contributed by atoms with Crippen LogP contribution >= 0.6 is 11.8 Å². The van der Waals surface area contributed by atoms with Gasteiger partial charge in [-0.1, -0.05) is 54.2 Å². The summed E-state index contributed by atoms with van der Waals surface area (Å²) in [6.45, 7) is 1.49. The highest BCUT2D eigenvalue weighted by Crippen LogP contribution is 2.30. The first-order valence-corrected chi connectivity index (χ1v) is 12.2. The van der Waals surface area contributed by atoms with Crippen molar-refractivity contribution in [3.8, 4) is 17.3 Å². The third-order valence-electron chi connectivity index (χ3n) is 6.05. The number of allylic oxidation sites excluding steroid dienone is 1. The van der Waals surface area contributed by atoms with Crippen LogP contribution in [0.2, 0.25) is 0 Å². The second kappa shape index (κ2) is 9.75. The molecule has 172 valence electrons. The molecule has 2 aromatic carbocycles. The summed E-state index contributed by atoms with van der Waals surface area (Å²) < 4.78 is 9.87. The van der Waals surface area contributed by atoms with E-state index in [2.05, 4.69) is 32.7 Å². The van der Waals surface area contributed by atoms with Crippen molar-refractivity contribution >= 4 is 28.4 Å². The Morgan fingerprint density at radius 2 is 2.00 bits per heavy atom. The van der Waals surface area contributed by atoms with Crippen LogP contribution in [0, 0.1) is 11.3 Å². The Bertz CT molecular complexity index is 1380. The van der Waals surface area contributed by atoms with E-state index in [1.165, 1.54) is 11.8 Å². The number of nitriles is 1. The molecule has 1 aliphatic rings. The third kappa shape index (κ3) is 4.32. The SMILES string of the molecule is Cn1c(/C(C#N)=C(\O)CSc2ncc(-c3ccccc3)n2CC2CCCO2)nc2ccccc21. The summed E-state index contributed by atoms with van der Waals surface area (Å²) in [7, 11) is 1.85. The number of para-hydroxylation sites is 2. The molecular formula is C26H25N5O2S. The van der Waals surface area contributed by atoms with Crippen LogP contribution in [0.15, 0.2) is 71.7 Å². The maximum Gasteiger partial charge on any atom is 0.168 e. The van der Waals surface area contributed by atoms with E-state index >= 15 is 0 Å². The average molecular weight is 472 g/mol. The maximum absolute atomic E-state index is 10.9. The highest BCUT2D eigenvalue weighted by atomic mass is 32.2. The molecule has 5 rings (SSSR count). The van der Waals surface area contributed by atoms with Crippen molar-refractivity contribution in [2.75, 3.05) is 12.4 Å². The van der Waals surface area contributed by atoms with E-state index < -0.39 is 0 Å². The number of imidazole rings is 2. The lowest BCUT2D eigenvalue weighted by molar-refractivity contribution is 0.0954. The van der Waals surface area contributed by atoms with E-state index in [9.17, 15) is 10.4 Å². The van der Waals surface area contributed by atoms with Crippen molar-refractivity contribution in [2.24, 2.45) is 7.05 Å². The Balaban J connectivity index is 1.44. The van der Waals surface area contributed by atoms with E-state index in [0.29, 0.717) is 12.4 Å². The van der Waals surface area contributed by atoms with E-state index in [0.717, 1.165) is 46.9 Å². The van der Waals surface area contributed by atoms with Gasteiger partial charge in [-0.25, -0.2) is 9.97 Å². The third-order valence-corrected chi connectivity index (χ3v) is 7.05. The molecule has 7 nitrogen and oxygen atoms in total. The summed E-state index contributed by atoms with van der Waals surface area (Å²) in [6.07, 6.45) is 4.10. The quantitative estimate of drug-likeness (QED) is 0.226. The number of aliphatic hydroxyl groups excluding tert-OH is 1. The number of rotatable bonds is 7. The smallest absolute Gasteiger partial charge is 0.168 e. The molecular weight excluding hydrogens is 446 g/mol. The van der Waals surface area contributed by atoms with E-state index in [1.807, 2.05) is 60.3 Å². The zero-order valence-electron chi connectivity index (χ0n) is 18.9. The van der Waals surface area contributed by atoms with Gasteiger partial charge in [0.05, 0.1) is 41.3 Å². The Labute approximate surface area is 202 Å². The summed E-state index contributed by atoms with van der Waals surface area (Å²) in [5.41, 5.74) is 3.96. The Hall–Kier alpha value is -3.54. The van der Waals surface area contributed by atoms with Gasteiger partial charge in [0.2, 0.25) is 0 Å². The standard InChI is InChI=1S/C26H25N5O2S/c1-30-22-12-6-5-11-21(22)29-25(30)20(14-27)24(32)17-34-26-28-15-23(18-8-3-2-4-9-18)31(26)16-19-10-7-13-33-19/h2-6,8-9,11-12,15,19,32H,7,10,13,16-17H2,1H3/b24-20-. The van der Waals surface area contributed by atoms with Crippen LogP contribution in [0.4, 0.5) is 0 Å². The highest BCUT2D eigenvalue weighted by molar-refractivity contribution is 7.99. The molecule has 1 unspecified atom stereocenters. The molecule has 2 aromatic heterocycles. The number of fused-ring (bicyclic) bond motifs is 1. The summed E-state index contributed by atoms with van der Waals surface area (Å²) in [6, 6.07) is 20.0. The number of hydrogen-bond acceptors (Lipinski definition) is 6. The zero-order chi connectivity index (χ0) is 23.5. The first-order valence-electron chi connectivity index (χ1n) is 11.2. The summed E-state index contributed by atoms with van der Waals surface area (Å²) >= 11 is 1.41. The number of hydrogen-bond donors (Lipinski definition) is 1. The predicted octanol–water partition coefficient (Wildman–Crippen LogP) is 5.20. The van der Waals surface area contributed by atoms with Crippen molar-refractivity contribution in [1.82, 2.24) is 19.1 Å². The molecule has 0 spiro atoms. The minimum absolute atomic E-state index is 0.0150. The molecule has 4 aromatic rings. The van der Waals surface area contributed by atoms with Crippen LogP contribution in [0.25, 0.3) is 27.9 Å². The number of thioether (sulfide) groups is 1. The molecule has 1 saturated heterocycles. The van der Waals surface area contributed by atoms with Gasteiger partial charge in [-0.3, -0.25) is 0 Å². The Kier molecular flexibility index (Phi) is 6.39. The van der Waals surface area contributed by atoms with Crippen molar-refractivity contribution in [2.45, 2.75) is 30.6 Å². The fourth-order valence-corrected chi connectivity index (χ4v) is 5.17. The van der Waals surface area contributed by atoms with Crippen molar-refractivity contribution in [1.29, 1.82) is 5.26 Å². The van der Waals surface area contributed by atoms with E-state index in [1.54, 1.807) is 0 Å². The van der Waals surface area contributed by atoms with Crippen LogP contribution in [0.3, 0.4) is 0 Å². The van der Waals surface area contributed by atoms with Crippen LogP contribution in [-0.2, 0) is 18.3 Å². The lowest BCUT2D eigenvalue weighted by Gasteiger charge is -2.16. The molecule has 0 aliphatic carbocycles. The lowest BCUT2D eigenvalue weighted by Crippen LogP contribution is -2.16. The monoisotopic (exact) mass is 471 g/mol. The first-order chi connectivity index (χ1) is 16.7. The molecule has 1 atom stereocenters. The molecule has 3 heterocycles. The fraction of sp³-hybridized carbons (Fsp3) is 0.269. The number of ether oxygens (including phenoxy) is 1. The average Bonchev–Trinajstić information content (AvgIpc) is 3.60. The van der Waals surface area contributed by atoms with Crippen LogP contribution in [-0.4, -0.2) is 42.7 Å². The fourth-order valence-electron chi connectivity index (χ4n) is 4.30. The Morgan fingerprint density at radius 3 is 2.74 bits per heavy atom. The van der Waals surface area contributed by atoms with Crippen LogP contribution in [0.5, 0.6) is 0 Å². The highest BCUT2D eigenvalue weighted by Gasteiger charge is 2.22. The molecule has 1 N–H and O–H groups in total. The molecule has 1 fully saturated rings. The van der Waals surface area contributed by atoms with Crippen LogP contribution < -0.4 is 0 Å². The minimum atomic E-state index is -0.0150. The van der Waals surface area contributed by atoms with Gasteiger partial charge < -0.3 is 19.0 Å². The molecule has 0 radical (unpaired) electrons. The lowest BCUT2D eigenvalue weighted by atomic mass is 10.1. The maximum atomic E-state index is 10.9. The second-order valence-electron chi connectivity index (χ2n) is 8.24. The van der Waals surface area contributed by atoms with Gasteiger partial charge in [0, 0.05) is 13.7 Å². The number of aryl methyl sites for hydroxylation is 1. The minimum Gasteiger partial charge on any atom is -0.510 e. The molecule has 34 heavy (non-hydrogen) atoms. The van der Waals surface area contributed by atoms with E-state index in [4.69, 9.17) is 4.74 Å². The van der Waals surface area contributed by atoms with Gasteiger partial charge in [0.15, 0.2) is 11.0 Å². The number of aliphatic hydroxyl groups is 1. The second-order valence-corrected chi connectivity index (χ2v) is 9.19. The number of nitrogens with zero attached hydrogens (tertiary/aromatic N) is 5.